The van der Waals surface area contributed by atoms with Crippen LogP contribution >= 0.6 is 0 Å². The molecule has 0 amide bonds. The van der Waals surface area contributed by atoms with Gasteiger partial charge in [-0.2, -0.15) is 8.78 Å². The fourth-order valence-corrected chi connectivity index (χ4v) is 7.55. The lowest BCUT2D eigenvalue weighted by Crippen LogP contribution is -2.68. The molecule has 7 aliphatic rings. The van der Waals surface area contributed by atoms with Gasteiger partial charge in [-0.1, -0.05) is 0 Å². The Morgan fingerprint density at radius 1 is 1.15 bits per heavy atom. The normalized spacial score (nSPS) is 48.8. The molecule has 7 rings (SSSR count). The number of rotatable bonds is 6. The second-order valence-electron chi connectivity index (χ2n) is 11.0. The molecule has 9 unspecified atom stereocenters. The van der Waals surface area contributed by atoms with Gasteiger partial charge in [-0.15, -0.1) is 0 Å². The van der Waals surface area contributed by atoms with Crippen molar-refractivity contribution in [2.45, 2.75) is 99.0 Å². The molecular formula is C22H26F2O9. The Morgan fingerprint density at radius 3 is 2.61 bits per heavy atom. The maximum atomic E-state index is 13.5. The highest BCUT2D eigenvalue weighted by Gasteiger charge is 2.67. The number of esters is 3. The van der Waals surface area contributed by atoms with Gasteiger partial charge in [-0.3, -0.25) is 4.79 Å². The average molecular weight is 472 g/mol. The highest BCUT2D eigenvalue weighted by Crippen LogP contribution is 2.62. The molecule has 1 N–H and O–H groups in total. The van der Waals surface area contributed by atoms with Crippen LogP contribution in [0.25, 0.3) is 0 Å². The number of fused-ring (bicyclic) bond motifs is 1. The third-order valence-corrected chi connectivity index (χ3v) is 8.15. The van der Waals surface area contributed by atoms with Crippen molar-refractivity contribution in [3.8, 4) is 0 Å². The van der Waals surface area contributed by atoms with Gasteiger partial charge in [0.05, 0.1) is 23.2 Å². The smallest absolute Gasteiger partial charge is 0.377 e. The number of carbonyl (C=O) groups is 3. The van der Waals surface area contributed by atoms with Crippen LogP contribution in [0.1, 0.15) is 51.9 Å². The molecule has 9 atom stereocenters. The average Bonchev–Trinajstić information content (AvgIpc) is 3.28. The van der Waals surface area contributed by atoms with Crippen molar-refractivity contribution in [3.63, 3.8) is 0 Å². The van der Waals surface area contributed by atoms with Gasteiger partial charge in [0, 0.05) is 26.2 Å². The van der Waals surface area contributed by atoms with E-state index < -0.39 is 53.5 Å². The van der Waals surface area contributed by atoms with E-state index in [0.717, 1.165) is 0 Å². The van der Waals surface area contributed by atoms with Crippen LogP contribution in [0.5, 0.6) is 0 Å². The van der Waals surface area contributed by atoms with Crippen LogP contribution < -0.4 is 0 Å². The first-order valence-electron chi connectivity index (χ1n) is 11.4. The molecule has 9 nitrogen and oxygen atoms in total. The molecule has 4 aliphatic carbocycles. The van der Waals surface area contributed by atoms with Crippen LogP contribution in [-0.4, -0.2) is 76.8 Å². The Balaban J connectivity index is 1.13. The zero-order valence-electron chi connectivity index (χ0n) is 18.1. The van der Waals surface area contributed by atoms with Crippen molar-refractivity contribution < 1.29 is 52.0 Å². The predicted octanol–water partition coefficient (Wildman–Crippen LogP) is 1.03. The first-order chi connectivity index (χ1) is 15.4. The monoisotopic (exact) mass is 472 g/mol. The summed E-state index contributed by atoms with van der Waals surface area (Å²) in [6.45, 7) is 0.0603. The van der Waals surface area contributed by atoms with E-state index in [1.165, 1.54) is 0 Å². The standard InChI is InChI=1S/C22H26F2O9/c1-19(23,24)18(27)33-22-5-10-3-20(28,8-22)7-21(4-10,9-22)29-6-13(25)31-15-12-2-11-14(30-12)16(15)32-17(11)26/h10-12,14-16,28H,2-9H2,1H3. The van der Waals surface area contributed by atoms with Gasteiger partial charge >= 0.3 is 23.8 Å². The molecule has 7 fully saturated rings. The van der Waals surface area contributed by atoms with Crippen LogP contribution in [0, 0.1) is 11.8 Å². The molecule has 0 radical (unpaired) electrons. The minimum atomic E-state index is -3.64. The number of hydrogen-bond acceptors (Lipinski definition) is 9. The van der Waals surface area contributed by atoms with Gasteiger partial charge in [0.2, 0.25) is 0 Å². The number of alkyl halides is 2. The zero-order chi connectivity index (χ0) is 23.4. The first-order valence-corrected chi connectivity index (χ1v) is 11.4. The Labute approximate surface area is 188 Å². The number of hydrogen-bond donors (Lipinski definition) is 1. The molecule has 11 heteroatoms. The Hall–Kier alpha value is -1.85. The largest absolute Gasteiger partial charge is 0.455 e. The van der Waals surface area contributed by atoms with Gasteiger partial charge in [-0.25, -0.2) is 9.59 Å². The van der Waals surface area contributed by atoms with Gasteiger partial charge in [0.25, 0.3) is 0 Å². The summed E-state index contributed by atoms with van der Waals surface area (Å²) < 4.78 is 54.9. The molecule has 182 valence electrons. The number of ether oxygens (including phenoxy) is 5. The van der Waals surface area contributed by atoms with Crippen molar-refractivity contribution in [1.29, 1.82) is 0 Å². The van der Waals surface area contributed by atoms with Crippen molar-refractivity contribution in [3.05, 3.63) is 0 Å². The molecular weight excluding hydrogens is 446 g/mol. The van der Waals surface area contributed by atoms with Crippen molar-refractivity contribution in [2.75, 3.05) is 6.61 Å². The van der Waals surface area contributed by atoms with Gasteiger partial charge in [0.15, 0.2) is 12.2 Å². The molecule has 3 heterocycles. The Kier molecular flexibility index (Phi) is 4.35. The molecule has 3 saturated heterocycles. The summed E-state index contributed by atoms with van der Waals surface area (Å²) in [7, 11) is 0. The van der Waals surface area contributed by atoms with Crippen LogP contribution in [0.4, 0.5) is 8.78 Å². The molecule has 3 aliphatic heterocycles. The first kappa shape index (κ1) is 21.7. The Morgan fingerprint density at radius 2 is 1.88 bits per heavy atom. The van der Waals surface area contributed by atoms with Gasteiger partial charge < -0.3 is 28.8 Å². The fourth-order valence-electron chi connectivity index (χ4n) is 7.55. The molecule has 0 aromatic carbocycles. The summed E-state index contributed by atoms with van der Waals surface area (Å²) in [5.74, 6) is -6.63. The predicted molar refractivity (Wildman–Crippen MR) is 101 cm³/mol. The quantitative estimate of drug-likeness (QED) is 0.447. The molecule has 4 saturated carbocycles. The highest BCUT2D eigenvalue weighted by molar-refractivity contribution is 5.78. The molecule has 33 heavy (non-hydrogen) atoms. The van der Waals surface area contributed by atoms with E-state index in [0.29, 0.717) is 32.6 Å². The summed E-state index contributed by atoms with van der Waals surface area (Å²) in [6.07, 6.45) is 0.199. The van der Waals surface area contributed by atoms with Gasteiger partial charge in [-0.05, 0) is 31.6 Å². The van der Waals surface area contributed by atoms with E-state index in [4.69, 9.17) is 23.7 Å². The highest BCUT2D eigenvalue weighted by atomic mass is 19.3. The van der Waals surface area contributed by atoms with Crippen molar-refractivity contribution in [1.82, 2.24) is 0 Å². The SMILES string of the molecule is CC(F)(F)C(=O)OC12CC3CC(O)(CC(OCC(=O)OC4C5CC6C(=O)OC4C6O5)(C3)C1)C2. The minimum absolute atomic E-state index is 0.0740. The third kappa shape index (κ3) is 3.37. The van der Waals surface area contributed by atoms with Crippen LogP contribution in [0.2, 0.25) is 0 Å². The van der Waals surface area contributed by atoms with Crippen LogP contribution in [-0.2, 0) is 38.1 Å². The van der Waals surface area contributed by atoms with Crippen molar-refractivity contribution >= 4 is 17.9 Å². The van der Waals surface area contributed by atoms with Crippen LogP contribution in [0.15, 0.2) is 0 Å². The minimum Gasteiger partial charge on any atom is -0.455 e. The fraction of sp³-hybridized carbons (Fsp3) is 0.864. The maximum Gasteiger partial charge on any atom is 0.377 e. The van der Waals surface area contributed by atoms with Crippen molar-refractivity contribution in [2.24, 2.45) is 11.8 Å². The number of halogens is 2. The van der Waals surface area contributed by atoms with Gasteiger partial charge in [0.1, 0.15) is 18.3 Å². The van der Waals surface area contributed by atoms with E-state index in [9.17, 15) is 28.3 Å². The van der Waals surface area contributed by atoms with E-state index in [2.05, 4.69) is 0 Å². The summed E-state index contributed by atoms with van der Waals surface area (Å²) in [5, 5.41) is 11.1. The number of carbonyl (C=O) groups excluding carboxylic acids is 3. The summed E-state index contributed by atoms with van der Waals surface area (Å²) in [4.78, 5) is 36.4. The second kappa shape index (κ2) is 6.63. The van der Waals surface area contributed by atoms with Crippen LogP contribution in [0.3, 0.4) is 0 Å². The summed E-state index contributed by atoms with van der Waals surface area (Å²) in [6, 6.07) is 0. The summed E-state index contributed by atoms with van der Waals surface area (Å²) >= 11 is 0. The van der Waals surface area contributed by atoms with E-state index in [1.807, 2.05) is 0 Å². The lowest BCUT2D eigenvalue weighted by molar-refractivity contribution is -0.279. The molecule has 0 aromatic rings. The second-order valence-corrected chi connectivity index (χ2v) is 11.0. The molecule has 0 aromatic heterocycles. The van der Waals surface area contributed by atoms with E-state index in [-0.39, 0.29) is 49.3 Å². The molecule has 0 spiro atoms. The Bertz CT molecular complexity index is 920. The van der Waals surface area contributed by atoms with E-state index in [1.54, 1.807) is 0 Å². The lowest BCUT2D eigenvalue weighted by atomic mass is 9.50. The summed E-state index contributed by atoms with van der Waals surface area (Å²) in [5.41, 5.74) is -3.44. The maximum absolute atomic E-state index is 13.5. The number of aliphatic hydroxyl groups is 1. The third-order valence-electron chi connectivity index (χ3n) is 8.15. The molecule has 6 bridgehead atoms. The zero-order valence-corrected chi connectivity index (χ0v) is 18.1. The topological polar surface area (TPSA) is 118 Å². The lowest BCUT2D eigenvalue weighted by Gasteiger charge is -2.63. The van der Waals surface area contributed by atoms with E-state index >= 15 is 0 Å².